The molecule has 1 unspecified atom stereocenters. The minimum Gasteiger partial charge on any atom is -0.444 e. The standard InChI is InChI=1S/C11H21N3O2/c1-6-12-8-9(13-7-2)14-10(15)16-11(3,4)5/h6-7,9,12H,1,8H2,2-5H3,(H,14,15). The van der Waals surface area contributed by atoms with Gasteiger partial charge in [0.05, 0.1) is 6.54 Å². The maximum atomic E-state index is 11.4. The van der Waals surface area contributed by atoms with Crippen molar-refractivity contribution in [3.05, 3.63) is 12.8 Å². The third-order valence-corrected chi connectivity index (χ3v) is 1.47. The number of nitrogens with zero attached hydrogens (tertiary/aromatic N) is 1. The Bertz CT molecular complexity index is 256. The summed E-state index contributed by atoms with van der Waals surface area (Å²) in [4.78, 5) is 15.5. The van der Waals surface area contributed by atoms with Gasteiger partial charge in [0.25, 0.3) is 0 Å². The molecule has 1 atom stereocenters. The average molecular weight is 227 g/mol. The van der Waals surface area contributed by atoms with E-state index < -0.39 is 11.7 Å². The predicted molar refractivity (Wildman–Crippen MR) is 65.5 cm³/mol. The van der Waals surface area contributed by atoms with E-state index in [1.807, 2.05) is 20.8 Å². The molecule has 0 bridgehead atoms. The van der Waals surface area contributed by atoms with Gasteiger partial charge in [-0.05, 0) is 40.1 Å². The van der Waals surface area contributed by atoms with Crippen LogP contribution in [0.1, 0.15) is 27.7 Å². The van der Waals surface area contributed by atoms with Crippen molar-refractivity contribution in [3.8, 4) is 0 Å². The zero-order valence-electron chi connectivity index (χ0n) is 10.4. The lowest BCUT2D eigenvalue weighted by molar-refractivity contribution is 0.0507. The Balaban J connectivity index is 4.17. The summed E-state index contributed by atoms with van der Waals surface area (Å²) >= 11 is 0. The lowest BCUT2D eigenvalue weighted by Gasteiger charge is -2.22. The predicted octanol–water partition coefficient (Wildman–Crippen LogP) is 1.66. The number of hydrogen-bond acceptors (Lipinski definition) is 4. The SMILES string of the molecule is C=CNCC(N=CC)NC(=O)OC(C)(C)C. The largest absolute Gasteiger partial charge is 0.444 e. The number of hydrogen-bond donors (Lipinski definition) is 2. The quantitative estimate of drug-likeness (QED) is 0.702. The first-order valence-electron chi connectivity index (χ1n) is 5.20. The second-order valence-corrected chi connectivity index (χ2v) is 4.18. The summed E-state index contributed by atoms with van der Waals surface area (Å²) in [6.07, 6.45) is 2.36. The fourth-order valence-corrected chi connectivity index (χ4v) is 0.960. The van der Waals surface area contributed by atoms with E-state index in [0.29, 0.717) is 6.54 Å². The summed E-state index contributed by atoms with van der Waals surface area (Å²) in [6.45, 7) is 11.2. The van der Waals surface area contributed by atoms with Gasteiger partial charge in [-0.3, -0.25) is 10.3 Å². The summed E-state index contributed by atoms with van der Waals surface area (Å²) in [5.74, 6) is 0. The number of amides is 1. The van der Waals surface area contributed by atoms with Crippen molar-refractivity contribution >= 4 is 12.3 Å². The molecule has 16 heavy (non-hydrogen) atoms. The average Bonchev–Trinajstić information content (AvgIpc) is 2.11. The zero-order chi connectivity index (χ0) is 12.6. The van der Waals surface area contributed by atoms with Gasteiger partial charge in [-0.15, -0.1) is 0 Å². The molecule has 0 fully saturated rings. The maximum absolute atomic E-state index is 11.4. The van der Waals surface area contributed by atoms with Gasteiger partial charge in [0.2, 0.25) is 0 Å². The minimum atomic E-state index is -0.504. The molecule has 0 rings (SSSR count). The Hall–Kier alpha value is -1.52. The molecule has 2 N–H and O–H groups in total. The van der Waals surface area contributed by atoms with Crippen molar-refractivity contribution in [3.63, 3.8) is 0 Å². The molecule has 0 aromatic carbocycles. The van der Waals surface area contributed by atoms with Crippen molar-refractivity contribution in [2.45, 2.75) is 39.5 Å². The maximum Gasteiger partial charge on any atom is 0.409 e. The van der Waals surface area contributed by atoms with E-state index >= 15 is 0 Å². The van der Waals surface area contributed by atoms with Gasteiger partial charge in [-0.2, -0.15) is 0 Å². The molecule has 0 aromatic rings. The van der Waals surface area contributed by atoms with E-state index in [-0.39, 0.29) is 6.17 Å². The van der Waals surface area contributed by atoms with Gasteiger partial charge in [-0.1, -0.05) is 6.58 Å². The van der Waals surface area contributed by atoms with Gasteiger partial charge in [-0.25, -0.2) is 4.79 Å². The van der Waals surface area contributed by atoms with Crippen LogP contribution < -0.4 is 10.6 Å². The summed E-state index contributed by atoms with van der Waals surface area (Å²) in [5.41, 5.74) is -0.504. The smallest absolute Gasteiger partial charge is 0.409 e. The first-order valence-corrected chi connectivity index (χ1v) is 5.20. The Labute approximate surface area is 97.0 Å². The van der Waals surface area contributed by atoms with E-state index in [1.165, 1.54) is 0 Å². The van der Waals surface area contributed by atoms with Crippen molar-refractivity contribution in [1.29, 1.82) is 0 Å². The monoisotopic (exact) mass is 227 g/mol. The fourth-order valence-electron chi connectivity index (χ4n) is 0.960. The molecule has 0 aliphatic rings. The molecular weight excluding hydrogens is 206 g/mol. The van der Waals surface area contributed by atoms with Crippen LogP contribution in [0.15, 0.2) is 17.8 Å². The van der Waals surface area contributed by atoms with Crippen molar-refractivity contribution in [2.24, 2.45) is 4.99 Å². The molecule has 0 aliphatic heterocycles. The highest BCUT2D eigenvalue weighted by Crippen LogP contribution is 2.06. The molecule has 0 heterocycles. The molecule has 5 heteroatoms. The summed E-state index contributed by atoms with van der Waals surface area (Å²) in [7, 11) is 0. The Morgan fingerprint density at radius 3 is 2.62 bits per heavy atom. The van der Waals surface area contributed by atoms with Gasteiger partial charge in [0, 0.05) is 0 Å². The molecule has 92 valence electrons. The van der Waals surface area contributed by atoms with Crippen LogP contribution in [-0.2, 0) is 4.74 Å². The van der Waals surface area contributed by atoms with Crippen LogP contribution in [0.25, 0.3) is 0 Å². The van der Waals surface area contributed by atoms with E-state index in [1.54, 1.807) is 19.3 Å². The number of aliphatic imine (C=N–C) groups is 1. The van der Waals surface area contributed by atoms with E-state index in [2.05, 4.69) is 22.2 Å². The molecule has 5 nitrogen and oxygen atoms in total. The molecule has 0 spiro atoms. The molecule has 0 radical (unpaired) electrons. The molecule has 0 aromatic heterocycles. The first kappa shape index (κ1) is 14.5. The highest BCUT2D eigenvalue weighted by molar-refractivity contribution is 5.68. The number of nitrogens with one attached hydrogen (secondary N) is 2. The van der Waals surface area contributed by atoms with Crippen LogP contribution in [0, 0.1) is 0 Å². The van der Waals surface area contributed by atoms with Crippen molar-refractivity contribution in [1.82, 2.24) is 10.6 Å². The fraction of sp³-hybridized carbons (Fsp3) is 0.636. The van der Waals surface area contributed by atoms with E-state index in [0.717, 1.165) is 0 Å². The number of rotatable bonds is 5. The lowest BCUT2D eigenvalue weighted by atomic mass is 10.2. The van der Waals surface area contributed by atoms with Crippen LogP contribution in [0.5, 0.6) is 0 Å². The number of carbonyl (C=O) groups is 1. The highest BCUT2D eigenvalue weighted by Gasteiger charge is 2.18. The number of ether oxygens (including phenoxy) is 1. The number of carbonyl (C=O) groups excluding carboxylic acids is 1. The summed E-state index contributed by atoms with van der Waals surface area (Å²) in [6, 6.07) is 0. The molecule has 0 aliphatic carbocycles. The normalized spacial score (nSPS) is 13.2. The Kier molecular flexibility index (Phi) is 6.22. The van der Waals surface area contributed by atoms with Crippen LogP contribution in [0.2, 0.25) is 0 Å². The van der Waals surface area contributed by atoms with Crippen molar-refractivity contribution < 1.29 is 9.53 Å². The number of alkyl carbamates (subject to hydrolysis) is 1. The second-order valence-electron chi connectivity index (χ2n) is 4.18. The van der Waals surface area contributed by atoms with Crippen LogP contribution >= 0.6 is 0 Å². The molecular formula is C11H21N3O2. The minimum absolute atomic E-state index is 0.349. The van der Waals surface area contributed by atoms with Crippen LogP contribution in [0.4, 0.5) is 4.79 Å². The third-order valence-electron chi connectivity index (χ3n) is 1.47. The Morgan fingerprint density at radius 2 is 2.19 bits per heavy atom. The van der Waals surface area contributed by atoms with Crippen LogP contribution in [0.3, 0.4) is 0 Å². The van der Waals surface area contributed by atoms with E-state index in [4.69, 9.17) is 4.74 Å². The van der Waals surface area contributed by atoms with Crippen molar-refractivity contribution in [2.75, 3.05) is 6.54 Å². The van der Waals surface area contributed by atoms with Gasteiger partial charge < -0.3 is 10.1 Å². The zero-order valence-corrected chi connectivity index (χ0v) is 10.4. The van der Waals surface area contributed by atoms with Gasteiger partial charge in [0.1, 0.15) is 11.8 Å². The van der Waals surface area contributed by atoms with Crippen LogP contribution in [-0.4, -0.2) is 30.6 Å². The first-order chi connectivity index (χ1) is 7.39. The molecule has 1 amide bonds. The second kappa shape index (κ2) is 6.87. The molecule has 0 saturated heterocycles. The Morgan fingerprint density at radius 1 is 1.56 bits per heavy atom. The lowest BCUT2D eigenvalue weighted by Crippen LogP contribution is -2.42. The third kappa shape index (κ3) is 7.84. The van der Waals surface area contributed by atoms with Gasteiger partial charge >= 0.3 is 6.09 Å². The van der Waals surface area contributed by atoms with Gasteiger partial charge in [0.15, 0.2) is 0 Å². The summed E-state index contributed by atoms with van der Waals surface area (Å²) < 4.78 is 5.12. The molecule has 0 saturated carbocycles. The summed E-state index contributed by atoms with van der Waals surface area (Å²) in [5, 5.41) is 5.52. The topological polar surface area (TPSA) is 62.7 Å². The highest BCUT2D eigenvalue weighted by atomic mass is 16.6. The van der Waals surface area contributed by atoms with E-state index in [9.17, 15) is 4.79 Å².